The van der Waals surface area contributed by atoms with Crippen LogP contribution in [0.25, 0.3) is 0 Å². The van der Waals surface area contributed by atoms with Gasteiger partial charge >= 0.3 is 0 Å². The van der Waals surface area contributed by atoms with Crippen molar-refractivity contribution >= 4 is 34.8 Å². The number of amides is 2. The summed E-state index contributed by atoms with van der Waals surface area (Å²) in [5.41, 5.74) is 3.97. The fourth-order valence-corrected chi connectivity index (χ4v) is 8.34. The number of hydrogen-bond donors (Lipinski definition) is 2. The van der Waals surface area contributed by atoms with Crippen LogP contribution in [0.2, 0.25) is 5.02 Å². The standard InChI is InChI=1S/C23H27ClFN3O.C23H28FN3O/c24-18-3-1-17(2-4-18)15-28(21-9-10-21)22-11-13-27(14-12-22)16-23(29)26-20-7-5-19(25)6-8-20;24-19-6-8-20(9-7-19)25-23(28)17-26-14-12-22(13-15-26)27(21-10-11-21)16-18-4-2-1-3-5-18/h1-8,21-22H,9-16H2,(H,26,29);1-9,21-22H,10-17H2,(H,25,28). The van der Waals surface area contributed by atoms with Crippen LogP contribution in [-0.2, 0) is 22.7 Å². The van der Waals surface area contributed by atoms with Gasteiger partial charge in [0.2, 0.25) is 11.8 Å². The molecule has 0 radical (unpaired) electrons. The Balaban J connectivity index is 0.000000174. The minimum absolute atomic E-state index is 0.0339. The van der Waals surface area contributed by atoms with Crippen LogP contribution in [0, 0.1) is 11.6 Å². The topological polar surface area (TPSA) is 71.2 Å². The maximum atomic E-state index is 13.0. The monoisotopic (exact) mass is 796 g/mol. The molecule has 302 valence electrons. The van der Waals surface area contributed by atoms with Gasteiger partial charge in [-0.2, -0.15) is 0 Å². The summed E-state index contributed by atoms with van der Waals surface area (Å²) in [4.78, 5) is 34.4. The Morgan fingerprint density at radius 2 is 0.895 bits per heavy atom. The molecule has 8 nitrogen and oxygen atoms in total. The number of carbonyl (C=O) groups is 2. The van der Waals surface area contributed by atoms with Crippen molar-refractivity contribution in [2.75, 3.05) is 49.9 Å². The molecule has 2 saturated heterocycles. The Morgan fingerprint density at radius 1 is 0.526 bits per heavy atom. The molecule has 4 fully saturated rings. The minimum Gasteiger partial charge on any atom is -0.325 e. The Labute approximate surface area is 341 Å². The second-order valence-electron chi connectivity index (χ2n) is 16.0. The van der Waals surface area contributed by atoms with Gasteiger partial charge in [0.25, 0.3) is 0 Å². The lowest BCUT2D eigenvalue weighted by atomic mass is 10.0. The fraction of sp³-hybridized carbons (Fsp3) is 0.435. The third-order valence-corrected chi connectivity index (χ3v) is 11.8. The summed E-state index contributed by atoms with van der Waals surface area (Å²) in [7, 11) is 0. The van der Waals surface area contributed by atoms with E-state index in [1.165, 1.54) is 61.1 Å². The van der Waals surface area contributed by atoms with Crippen LogP contribution in [0.5, 0.6) is 0 Å². The number of rotatable bonds is 14. The zero-order chi connectivity index (χ0) is 39.6. The smallest absolute Gasteiger partial charge is 0.238 e. The molecule has 0 aromatic heterocycles. The molecule has 2 aliphatic carbocycles. The fourth-order valence-electron chi connectivity index (χ4n) is 8.21. The van der Waals surface area contributed by atoms with E-state index in [1.807, 2.05) is 12.1 Å². The minimum atomic E-state index is -0.302. The van der Waals surface area contributed by atoms with Crippen LogP contribution in [0.3, 0.4) is 0 Å². The lowest BCUT2D eigenvalue weighted by Crippen LogP contribution is -2.47. The van der Waals surface area contributed by atoms with Crippen molar-refractivity contribution < 1.29 is 18.4 Å². The molecule has 0 bridgehead atoms. The summed E-state index contributed by atoms with van der Waals surface area (Å²) >= 11 is 6.02. The molecule has 0 spiro atoms. The molecular weight excluding hydrogens is 742 g/mol. The largest absolute Gasteiger partial charge is 0.325 e. The van der Waals surface area contributed by atoms with Gasteiger partial charge in [-0.1, -0.05) is 54.1 Å². The summed E-state index contributed by atoms with van der Waals surface area (Å²) in [5.74, 6) is -0.677. The zero-order valence-corrected chi connectivity index (χ0v) is 33.4. The van der Waals surface area contributed by atoms with Crippen molar-refractivity contribution in [2.24, 2.45) is 0 Å². The number of likely N-dealkylation sites (tertiary alicyclic amines) is 2. The summed E-state index contributed by atoms with van der Waals surface area (Å²) < 4.78 is 26.0. The molecule has 11 heteroatoms. The van der Waals surface area contributed by atoms with E-state index in [2.05, 4.69) is 72.7 Å². The third kappa shape index (κ3) is 12.9. The van der Waals surface area contributed by atoms with Gasteiger partial charge in [0.05, 0.1) is 13.1 Å². The quantitative estimate of drug-likeness (QED) is 0.134. The van der Waals surface area contributed by atoms with E-state index in [1.54, 1.807) is 24.3 Å². The molecule has 2 aliphatic heterocycles. The van der Waals surface area contributed by atoms with Crippen LogP contribution in [0.15, 0.2) is 103 Å². The molecule has 4 aliphatic rings. The van der Waals surface area contributed by atoms with Gasteiger partial charge in [-0.3, -0.25) is 29.2 Å². The van der Waals surface area contributed by atoms with E-state index in [0.717, 1.165) is 76.0 Å². The Bertz CT molecular complexity index is 1860. The Kier molecular flexibility index (Phi) is 14.4. The maximum absolute atomic E-state index is 13.0. The molecule has 4 aromatic carbocycles. The third-order valence-electron chi connectivity index (χ3n) is 11.6. The first-order valence-corrected chi connectivity index (χ1v) is 21.0. The highest BCUT2D eigenvalue weighted by Gasteiger charge is 2.37. The van der Waals surface area contributed by atoms with Crippen LogP contribution in [0.4, 0.5) is 20.2 Å². The van der Waals surface area contributed by atoms with Crippen LogP contribution in [-0.4, -0.2) is 94.8 Å². The molecule has 0 atom stereocenters. The highest BCUT2D eigenvalue weighted by atomic mass is 35.5. The van der Waals surface area contributed by atoms with Gasteiger partial charge in [0, 0.05) is 79.8 Å². The van der Waals surface area contributed by atoms with Crippen molar-refractivity contribution in [3.05, 3.63) is 131 Å². The van der Waals surface area contributed by atoms with E-state index in [0.29, 0.717) is 42.6 Å². The van der Waals surface area contributed by atoms with Crippen molar-refractivity contribution in [3.8, 4) is 0 Å². The SMILES string of the molecule is O=C(CN1CCC(N(Cc2ccc(Cl)cc2)C2CC2)CC1)Nc1ccc(F)cc1.O=C(CN1CCC(N(Cc2ccccc2)C2CC2)CC1)Nc1ccc(F)cc1. The van der Waals surface area contributed by atoms with Crippen LogP contribution in [0.1, 0.15) is 62.5 Å². The van der Waals surface area contributed by atoms with Gasteiger partial charge in [-0.05, 0) is 123 Å². The Hall–Kier alpha value is -4.19. The second kappa shape index (κ2) is 20.0. The lowest BCUT2D eigenvalue weighted by Gasteiger charge is -2.38. The summed E-state index contributed by atoms with van der Waals surface area (Å²) in [5, 5.41) is 6.48. The highest BCUT2D eigenvalue weighted by Crippen LogP contribution is 2.34. The van der Waals surface area contributed by atoms with Crippen LogP contribution < -0.4 is 10.6 Å². The number of nitrogens with zero attached hydrogens (tertiary/aromatic N) is 4. The molecule has 2 saturated carbocycles. The van der Waals surface area contributed by atoms with Crippen molar-refractivity contribution in [2.45, 2.75) is 88.6 Å². The number of hydrogen-bond acceptors (Lipinski definition) is 6. The van der Waals surface area contributed by atoms with Gasteiger partial charge in [0.15, 0.2) is 0 Å². The van der Waals surface area contributed by atoms with E-state index in [-0.39, 0.29) is 23.4 Å². The molecule has 2 amide bonds. The van der Waals surface area contributed by atoms with Crippen molar-refractivity contribution in [1.82, 2.24) is 19.6 Å². The normalized spacial score (nSPS) is 18.3. The number of carbonyl (C=O) groups excluding carboxylic acids is 2. The number of anilines is 2. The molecule has 8 rings (SSSR count). The summed E-state index contributed by atoms with van der Waals surface area (Å²) in [6, 6.07) is 33.3. The first-order valence-electron chi connectivity index (χ1n) is 20.6. The molecule has 4 aromatic rings. The molecule has 2 heterocycles. The first kappa shape index (κ1) is 41.0. The van der Waals surface area contributed by atoms with Crippen molar-refractivity contribution in [3.63, 3.8) is 0 Å². The number of benzene rings is 4. The average Bonchev–Trinajstić information content (AvgIpc) is 4.16. The van der Waals surface area contributed by atoms with E-state index < -0.39 is 0 Å². The molecular formula is C46H55ClF2N6O2. The van der Waals surface area contributed by atoms with Crippen LogP contribution >= 0.6 is 11.6 Å². The van der Waals surface area contributed by atoms with Gasteiger partial charge in [0.1, 0.15) is 11.6 Å². The van der Waals surface area contributed by atoms with Gasteiger partial charge in [-0.15, -0.1) is 0 Å². The maximum Gasteiger partial charge on any atom is 0.238 e. The first-order chi connectivity index (χ1) is 27.7. The summed E-state index contributed by atoms with van der Waals surface area (Å²) in [6.07, 6.45) is 9.56. The zero-order valence-electron chi connectivity index (χ0n) is 32.7. The van der Waals surface area contributed by atoms with E-state index >= 15 is 0 Å². The van der Waals surface area contributed by atoms with Gasteiger partial charge < -0.3 is 10.6 Å². The van der Waals surface area contributed by atoms with Crippen molar-refractivity contribution in [1.29, 1.82) is 0 Å². The van der Waals surface area contributed by atoms with Gasteiger partial charge in [-0.25, -0.2) is 8.78 Å². The number of nitrogens with one attached hydrogen (secondary N) is 2. The predicted molar refractivity (Wildman–Crippen MR) is 224 cm³/mol. The van der Waals surface area contributed by atoms with E-state index in [4.69, 9.17) is 11.6 Å². The highest BCUT2D eigenvalue weighted by molar-refractivity contribution is 6.30. The lowest BCUT2D eigenvalue weighted by molar-refractivity contribution is -0.118. The number of piperidine rings is 2. The molecule has 0 unspecified atom stereocenters. The molecule has 2 N–H and O–H groups in total. The molecule has 57 heavy (non-hydrogen) atoms. The summed E-state index contributed by atoms with van der Waals surface area (Å²) in [6.45, 7) is 6.51. The number of halogens is 3. The second-order valence-corrected chi connectivity index (χ2v) is 16.5. The predicted octanol–water partition coefficient (Wildman–Crippen LogP) is 8.44. The Morgan fingerprint density at radius 3 is 1.28 bits per heavy atom. The van der Waals surface area contributed by atoms with E-state index in [9.17, 15) is 18.4 Å². The average molecular weight is 797 g/mol.